The van der Waals surface area contributed by atoms with Crippen LogP contribution >= 0.6 is 0 Å². The number of hydrogen-bond acceptors (Lipinski definition) is 6. The average Bonchev–Trinajstić information content (AvgIpc) is 2.81. The van der Waals surface area contributed by atoms with E-state index in [1.54, 1.807) is 18.2 Å². The lowest BCUT2D eigenvalue weighted by atomic mass is 9.72. The van der Waals surface area contributed by atoms with Gasteiger partial charge in [0.2, 0.25) is 0 Å². The van der Waals surface area contributed by atoms with Crippen LogP contribution < -0.4 is 9.73 Å². The highest BCUT2D eigenvalue weighted by molar-refractivity contribution is 7.92. The minimum Gasteiger partial charge on any atom is -0.271 e. The Labute approximate surface area is 200 Å². The Bertz CT molecular complexity index is 1160. The Hall–Kier alpha value is -3.27. The van der Waals surface area contributed by atoms with Gasteiger partial charge >= 0.3 is 0 Å². The molecule has 9 nitrogen and oxygen atoms in total. The van der Waals surface area contributed by atoms with Crippen LogP contribution in [0.3, 0.4) is 0 Å². The second-order valence-electron chi connectivity index (χ2n) is 9.46. The molecule has 0 atom stereocenters. The molecular formula is C24H30N4O5S. The Kier molecular flexibility index (Phi) is 7.71. The number of nitro benzene ring substituents is 1. The zero-order chi connectivity index (χ0) is 24.9. The van der Waals surface area contributed by atoms with E-state index in [-0.39, 0.29) is 21.7 Å². The molecule has 2 aromatic rings. The molecular weight excluding hydrogens is 456 g/mol. The predicted molar refractivity (Wildman–Crippen MR) is 131 cm³/mol. The number of nitrogens with one attached hydrogen (secondary N) is 1. The number of hydrazone groups is 1. The number of carbonyl (C=O) groups is 1. The standard InChI is InChI=1S/C24H30N4O5S/c1-24(2,3)18-12-14-19(15-13-18)25-26-23(29)17-27(20-8-7-9-21(16-20)28(30)31)34(32,33)22-10-5-4-6-11-22/h4-11,16,18H,12-15,17H2,1-3H3,(H,26,29). The SMILES string of the molecule is CC(C)(C)C1CCC(=NNC(=O)CN(c2cccc([N+](=O)[O-])c2)S(=O)(=O)c2ccccc2)CC1. The van der Waals surface area contributed by atoms with Gasteiger partial charge in [-0.25, -0.2) is 13.8 Å². The maximum absolute atomic E-state index is 13.3. The molecule has 1 amide bonds. The molecule has 10 heteroatoms. The lowest BCUT2D eigenvalue weighted by Gasteiger charge is -2.34. The first kappa shape index (κ1) is 25.4. The smallest absolute Gasteiger partial charge is 0.271 e. The zero-order valence-electron chi connectivity index (χ0n) is 19.6. The first-order valence-corrected chi connectivity index (χ1v) is 12.6. The van der Waals surface area contributed by atoms with Gasteiger partial charge in [-0.05, 0) is 55.2 Å². The number of rotatable bonds is 7. The van der Waals surface area contributed by atoms with Crippen molar-refractivity contribution in [2.24, 2.45) is 16.4 Å². The molecule has 3 rings (SSSR count). The molecule has 0 aromatic heterocycles. The fourth-order valence-corrected chi connectivity index (χ4v) is 5.47. The summed E-state index contributed by atoms with van der Waals surface area (Å²) >= 11 is 0. The number of nitro groups is 1. The van der Waals surface area contributed by atoms with Crippen LogP contribution in [0.15, 0.2) is 64.6 Å². The van der Waals surface area contributed by atoms with Crippen molar-refractivity contribution in [2.45, 2.75) is 51.3 Å². The van der Waals surface area contributed by atoms with Gasteiger partial charge in [0.15, 0.2) is 0 Å². The summed E-state index contributed by atoms with van der Waals surface area (Å²) in [5, 5.41) is 15.5. The third-order valence-electron chi connectivity index (χ3n) is 6.07. The third kappa shape index (κ3) is 6.19. The lowest BCUT2D eigenvalue weighted by Crippen LogP contribution is -2.40. The molecule has 0 heterocycles. The van der Waals surface area contributed by atoms with Crippen molar-refractivity contribution in [3.05, 3.63) is 64.7 Å². The first-order chi connectivity index (χ1) is 16.0. The maximum atomic E-state index is 13.3. The number of hydrogen-bond donors (Lipinski definition) is 1. The number of sulfonamides is 1. The molecule has 0 radical (unpaired) electrons. The second kappa shape index (κ2) is 10.3. The monoisotopic (exact) mass is 486 g/mol. The van der Waals surface area contributed by atoms with E-state index >= 15 is 0 Å². The van der Waals surface area contributed by atoms with Crippen molar-refractivity contribution in [3.63, 3.8) is 0 Å². The summed E-state index contributed by atoms with van der Waals surface area (Å²) in [7, 11) is -4.16. The normalized spacial score (nSPS) is 16.6. The summed E-state index contributed by atoms with van der Waals surface area (Å²) in [5.74, 6) is -0.0426. The second-order valence-corrected chi connectivity index (χ2v) is 11.3. The van der Waals surface area contributed by atoms with Crippen molar-refractivity contribution >= 4 is 33.0 Å². The van der Waals surface area contributed by atoms with Gasteiger partial charge in [-0.15, -0.1) is 0 Å². The number of nitrogens with zero attached hydrogens (tertiary/aromatic N) is 3. The zero-order valence-corrected chi connectivity index (χ0v) is 20.4. The van der Waals surface area contributed by atoms with Crippen molar-refractivity contribution in [1.82, 2.24) is 5.43 Å². The molecule has 34 heavy (non-hydrogen) atoms. The summed E-state index contributed by atoms with van der Waals surface area (Å²) in [5.41, 5.74) is 3.32. The molecule has 1 aliphatic carbocycles. The molecule has 0 aliphatic heterocycles. The van der Waals surface area contributed by atoms with Crippen LogP contribution in [-0.4, -0.2) is 31.5 Å². The summed E-state index contributed by atoms with van der Waals surface area (Å²) in [6, 6.07) is 12.8. The van der Waals surface area contributed by atoms with E-state index in [2.05, 4.69) is 31.3 Å². The van der Waals surface area contributed by atoms with Crippen molar-refractivity contribution in [3.8, 4) is 0 Å². The summed E-state index contributed by atoms with van der Waals surface area (Å²) in [4.78, 5) is 23.3. The molecule has 0 saturated heterocycles. The largest absolute Gasteiger partial charge is 0.271 e. The Morgan fingerprint density at radius 3 is 2.35 bits per heavy atom. The Balaban J connectivity index is 1.80. The molecule has 1 aliphatic rings. The highest BCUT2D eigenvalue weighted by Gasteiger charge is 2.30. The lowest BCUT2D eigenvalue weighted by molar-refractivity contribution is -0.384. The van der Waals surface area contributed by atoms with E-state index in [0.29, 0.717) is 5.92 Å². The van der Waals surface area contributed by atoms with Gasteiger partial charge in [0.25, 0.3) is 21.6 Å². The van der Waals surface area contributed by atoms with E-state index in [1.807, 2.05) is 0 Å². The van der Waals surface area contributed by atoms with Gasteiger partial charge in [0, 0.05) is 17.8 Å². The summed E-state index contributed by atoms with van der Waals surface area (Å²) in [6.45, 7) is 6.09. The van der Waals surface area contributed by atoms with Gasteiger partial charge in [-0.2, -0.15) is 5.10 Å². The van der Waals surface area contributed by atoms with E-state index in [1.165, 1.54) is 30.3 Å². The van der Waals surface area contributed by atoms with Crippen LogP contribution in [0.4, 0.5) is 11.4 Å². The minimum atomic E-state index is -4.16. The molecule has 0 spiro atoms. The average molecular weight is 487 g/mol. The van der Waals surface area contributed by atoms with Crippen LogP contribution in [0.2, 0.25) is 0 Å². The van der Waals surface area contributed by atoms with E-state index in [4.69, 9.17) is 0 Å². The highest BCUT2D eigenvalue weighted by Crippen LogP contribution is 2.36. The van der Waals surface area contributed by atoms with Crippen LogP contribution in [0.1, 0.15) is 46.5 Å². The van der Waals surface area contributed by atoms with Crippen molar-refractivity contribution in [1.29, 1.82) is 0 Å². The van der Waals surface area contributed by atoms with E-state index < -0.39 is 27.4 Å². The Morgan fingerprint density at radius 1 is 1.12 bits per heavy atom. The first-order valence-electron chi connectivity index (χ1n) is 11.1. The summed E-state index contributed by atoms with van der Waals surface area (Å²) < 4.78 is 27.5. The van der Waals surface area contributed by atoms with Gasteiger partial charge in [-0.1, -0.05) is 45.0 Å². The number of non-ortho nitro benzene ring substituents is 1. The maximum Gasteiger partial charge on any atom is 0.271 e. The van der Waals surface area contributed by atoms with Gasteiger partial charge in [0.05, 0.1) is 15.5 Å². The van der Waals surface area contributed by atoms with Crippen LogP contribution in [0.25, 0.3) is 0 Å². The molecule has 0 unspecified atom stereocenters. The van der Waals surface area contributed by atoms with E-state index in [0.717, 1.165) is 41.8 Å². The van der Waals surface area contributed by atoms with Crippen LogP contribution in [0.5, 0.6) is 0 Å². The van der Waals surface area contributed by atoms with Gasteiger partial charge in [-0.3, -0.25) is 19.2 Å². The number of amides is 1. The molecule has 2 aromatic carbocycles. The quantitative estimate of drug-likeness (QED) is 0.456. The third-order valence-corrected chi connectivity index (χ3v) is 7.86. The van der Waals surface area contributed by atoms with Gasteiger partial charge < -0.3 is 0 Å². The minimum absolute atomic E-state index is 0.0199. The van der Waals surface area contributed by atoms with E-state index in [9.17, 15) is 23.3 Å². The molecule has 182 valence electrons. The summed E-state index contributed by atoms with van der Waals surface area (Å²) in [6.07, 6.45) is 3.53. The molecule has 1 fully saturated rings. The number of anilines is 1. The van der Waals surface area contributed by atoms with Crippen LogP contribution in [-0.2, 0) is 14.8 Å². The Morgan fingerprint density at radius 2 is 1.76 bits per heavy atom. The molecule has 0 bridgehead atoms. The fourth-order valence-electron chi connectivity index (χ4n) is 4.03. The highest BCUT2D eigenvalue weighted by atomic mass is 32.2. The predicted octanol–water partition coefficient (Wildman–Crippen LogP) is 4.50. The number of benzene rings is 2. The fraction of sp³-hybridized carbons (Fsp3) is 0.417. The van der Waals surface area contributed by atoms with Crippen molar-refractivity contribution in [2.75, 3.05) is 10.8 Å². The molecule has 1 N–H and O–H groups in total. The topological polar surface area (TPSA) is 122 Å². The molecule has 1 saturated carbocycles. The van der Waals surface area contributed by atoms with Crippen molar-refractivity contribution < 1.29 is 18.1 Å². The van der Waals surface area contributed by atoms with Crippen LogP contribution in [0, 0.1) is 21.4 Å². The number of carbonyl (C=O) groups excluding carboxylic acids is 1. The van der Waals surface area contributed by atoms with Gasteiger partial charge in [0.1, 0.15) is 6.54 Å².